The van der Waals surface area contributed by atoms with Crippen molar-refractivity contribution in [3.05, 3.63) is 60.1 Å². The van der Waals surface area contributed by atoms with E-state index in [9.17, 15) is 18.7 Å². The Labute approximate surface area is 241 Å². The monoisotopic (exact) mass is 581 g/mol. The van der Waals surface area contributed by atoms with Crippen molar-refractivity contribution in [3.63, 3.8) is 0 Å². The van der Waals surface area contributed by atoms with Crippen LogP contribution in [0.15, 0.2) is 42.7 Å². The fourth-order valence-electron chi connectivity index (χ4n) is 4.89. The molecular formula is C29H33F2N7O4. The molecule has 4 N–H and O–H groups in total. The first-order chi connectivity index (χ1) is 20.4. The number of amides is 1. The summed E-state index contributed by atoms with van der Waals surface area (Å²) in [7, 11) is 1.57. The number of nitrogens with one attached hydrogen (secondary N) is 3. The van der Waals surface area contributed by atoms with Gasteiger partial charge in [0.2, 0.25) is 5.91 Å². The highest BCUT2D eigenvalue weighted by Gasteiger charge is 2.18. The predicted molar refractivity (Wildman–Crippen MR) is 153 cm³/mol. The zero-order valence-electron chi connectivity index (χ0n) is 23.2. The first kappa shape index (κ1) is 29.1. The van der Waals surface area contributed by atoms with Crippen molar-refractivity contribution in [1.29, 1.82) is 0 Å². The molecule has 0 unspecified atom stereocenters. The first-order valence-corrected chi connectivity index (χ1v) is 13.8. The number of carbonyl (C=O) groups excluding carboxylic acids is 1. The minimum Gasteiger partial charge on any atom is -0.493 e. The molecule has 5 rings (SSSR count). The van der Waals surface area contributed by atoms with Gasteiger partial charge < -0.3 is 30.1 Å². The van der Waals surface area contributed by atoms with E-state index in [0.717, 1.165) is 51.0 Å². The van der Waals surface area contributed by atoms with Gasteiger partial charge in [0.05, 0.1) is 31.3 Å². The number of piperidine rings is 1. The summed E-state index contributed by atoms with van der Waals surface area (Å²) in [6.07, 6.45) is 4.24. The van der Waals surface area contributed by atoms with Crippen molar-refractivity contribution < 1.29 is 28.2 Å². The lowest BCUT2D eigenvalue weighted by Gasteiger charge is -2.30. The number of hydrogen-bond donors (Lipinski definition) is 4. The van der Waals surface area contributed by atoms with E-state index < -0.39 is 17.5 Å². The SMILES string of the molecule is COc1cc2c(Nc3cc(CC(=O)Nc4ccc(F)cc4F)[nH]n3)ncnc2cc1OCCCN1CCC(CO)CC1. The smallest absolute Gasteiger partial charge is 0.230 e. The van der Waals surface area contributed by atoms with Crippen LogP contribution < -0.4 is 20.1 Å². The van der Waals surface area contributed by atoms with Gasteiger partial charge in [0.1, 0.15) is 23.8 Å². The lowest BCUT2D eigenvalue weighted by atomic mass is 9.98. The average molecular weight is 582 g/mol. The number of rotatable bonds is 12. The van der Waals surface area contributed by atoms with Gasteiger partial charge in [-0.2, -0.15) is 5.10 Å². The third-order valence-corrected chi connectivity index (χ3v) is 7.20. The zero-order chi connectivity index (χ0) is 29.5. The number of H-pyrrole nitrogens is 1. The molecular weight excluding hydrogens is 548 g/mol. The Balaban J connectivity index is 1.19. The Kier molecular flexibility index (Phi) is 9.39. The van der Waals surface area contributed by atoms with Gasteiger partial charge in [0.15, 0.2) is 17.3 Å². The van der Waals surface area contributed by atoms with E-state index in [1.165, 1.54) is 6.33 Å². The summed E-state index contributed by atoms with van der Waals surface area (Å²) in [6.45, 7) is 3.72. The number of anilines is 3. The van der Waals surface area contributed by atoms with Gasteiger partial charge >= 0.3 is 0 Å². The molecule has 0 bridgehead atoms. The van der Waals surface area contributed by atoms with Crippen molar-refractivity contribution in [3.8, 4) is 11.5 Å². The molecule has 13 heteroatoms. The van der Waals surface area contributed by atoms with E-state index in [1.807, 2.05) is 6.07 Å². The number of benzene rings is 2. The van der Waals surface area contributed by atoms with Crippen LogP contribution in [0, 0.1) is 17.6 Å². The molecule has 42 heavy (non-hydrogen) atoms. The topological polar surface area (TPSA) is 138 Å². The molecule has 1 amide bonds. The third kappa shape index (κ3) is 7.28. The van der Waals surface area contributed by atoms with Gasteiger partial charge in [0, 0.05) is 42.4 Å². The molecule has 1 aliphatic heterocycles. The number of aromatic nitrogens is 4. The van der Waals surface area contributed by atoms with Gasteiger partial charge in [-0.25, -0.2) is 18.7 Å². The number of fused-ring (bicyclic) bond motifs is 1. The van der Waals surface area contributed by atoms with E-state index >= 15 is 0 Å². The van der Waals surface area contributed by atoms with Crippen molar-refractivity contribution in [2.24, 2.45) is 5.92 Å². The van der Waals surface area contributed by atoms with Crippen LogP contribution in [0.5, 0.6) is 11.5 Å². The van der Waals surface area contributed by atoms with Crippen LogP contribution in [-0.4, -0.2) is 76.0 Å². The lowest BCUT2D eigenvalue weighted by Crippen LogP contribution is -2.35. The third-order valence-electron chi connectivity index (χ3n) is 7.20. The minimum absolute atomic E-state index is 0.106. The Hall–Kier alpha value is -4.36. The fraction of sp³-hybridized carbons (Fsp3) is 0.379. The summed E-state index contributed by atoms with van der Waals surface area (Å²) in [4.78, 5) is 23.5. The molecule has 0 spiro atoms. The summed E-state index contributed by atoms with van der Waals surface area (Å²) in [5.41, 5.74) is 1.01. The molecule has 222 valence electrons. The van der Waals surface area contributed by atoms with Crippen LogP contribution in [-0.2, 0) is 11.2 Å². The van der Waals surface area contributed by atoms with E-state index in [4.69, 9.17) is 9.47 Å². The van der Waals surface area contributed by atoms with Gasteiger partial charge in [0.25, 0.3) is 0 Å². The number of carbonyl (C=O) groups is 1. The number of likely N-dealkylation sites (tertiary alicyclic amines) is 1. The normalized spacial score (nSPS) is 14.2. The molecule has 4 aromatic rings. The van der Waals surface area contributed by atoms with Crippen LogP contribution in [0.25, 0.3) is 10.9 Å². The molecule has 0 saturated carbocycles. The number of aliphatic hydroxyl groups excluding tert-OH is 1. The lowest BCUT2D eigenvalue weighted by molar-refractivity contribution is -0.115. The Morgan fingerprint density at radius 1 is 1.14 bits per heavy atom. The maximum Gasteiger partial charge on any atom is 0.230 e. The Morgan fingerprint density at radius 2 is 1.98 bits per heavy atom. The molecule has 0 aliphatic carbocycles. The molecule has 11 nitrogen and oxygen atoms in total. The molecule has 2 aromatic carbocycles. The zero-order valence-corrected chi connectivity index (χ0v) is 23.2. The van der Waals surface area contributed by atoms with Gasteiger partial charge in [-0.05, 0) is 56.5 Å². The average Bonchev–Trinajstić information content (AvgIpc) is 3.43. The number of nitrogens with zero attached hydrogens (tertiary/aromatic N) is 4. The predicted octanol–water partition coefficient (Wildman–Crippen LogP) is 4.04. The van der Waals surface area contributed by atoms with E-state index in [0.29, 0.717) is 58.3 Å². The first-order valence-electron chi connectivity index (χ1n) is 13.8. The second-order valence-electron chi connectivity index (χ2n) is 10.2. The number of methoxy groups -OCH3 is 1. The summed E-state index contributed by atoms with van der Waals surface area (Å²) in [6, 6.07) is 8.17. The van der Waals surface area contributed by atoms with Crippen LogP contribution in [0.4, 0.5) is 26.1 Å². The molecule has 1 aliphatic rings. The van der Waals surface area contributed by atoms with Gasteiger partial charge in [-0.1, -0.05) is 0 Å². The van der Waals surface area contributed by atoms with Crippen molar-refractivity contribution >= 4 is 34.1 Å². The molecule has 1 fully saturated rings. The summed E-state index contributed by atoms with van der Waals surface area (Å²) >= 11 is 0. The van der Waals surface area contributed by atoms with Gasteiger partial charge in [-0.15, -0.1) is 0 Å². The van der Waals surface area contributed by atoms with Gasteiger partial charge in [-0.3, -0.25) is 9.89 Å². The number of aliphatic hydroxyl groups is 1. The van der Waals surface area contributed by atoms with Crippen molar-refractivity contribution in [1.82, 2.24) is 25.1 Å². The van der Waals surface area contributed by atoms with Crippen LogP contribution in [0.3, 0.4) is 0 Å². The molecule has 0 radical (unpaired) electrons. The summed E-state index contributed by atoms with van der Waals surface area (Å²) in [5, 5.41) is 22.5. The van der Waals surface area contributed by atoms with E-state index in [1.54, 1.807) is 19.2 Å². The maximum atomic E-state index is 13.8. The molecule has 2 aromatic heterocycles. The van der Waals surface area contributed by atoms with E-state index in [2.05, 4.69) is 35.7 Å². The van der Waals surface area contributed by atoms with Crippen molar-refractivity contribution in [2.75, 3.05) is 50.6 Å². The number of ether oxygens (including phenoxy) is 2. The summed E-state index contributed by atoms with van der Waals surface area (Å²) < 4.78 is 38.6. The van der Waals surface area contributed by atoms with E-state index in [-0.39, 0.29) is 18.7 Å². The van der Waals surface area contributed by atoms with Crippen molar-refractivity contribution in [2.45, 2.75) is 25.7 Å². The Bertz CT molecular complexity index is 1530. The molecule has 0 atom stereocenters. The molecule has 3 heterocycles. The van der Waals surface area contributed by atoms with Crippen LogP contribution in [0.2, 0.25) is 0 Å². The second-order valence-corrected chi connectivity index (χ2v) is 10.2. The number of aromatic amines is 1. The quantitative estimate of drug-likeness (QED) is 0.183. The van der Waals surface area contributed by atoms with Crippen LogP contribution >= 0.6 is 0 Å². The Morgan fingerprint density at radius 3 is 2.74 bits per heavy atom. The minimum atomic E-state index is -0.856. The summed E-state index contributed by atoms with van der Waals surface area (Å²) in [5.74, 6) is 0.353. The highest BCUT2D eigenvalue weighted by molar-refractivity contribution is 5.93. The maximum absolute atomic E-state index is 13.8. The number of halogens is 2. The highest BCUT2D eigenvalue weighted by Crippen LogP contribution is 2.34. The fourth-order valence-corrected chi connectivity index (χ4v) is 4.89. The highest BCUT2D eigenvalue weighted by atomic mass is 19.1. The second kappa shape index (κ2) is 13.5. The number of hydrogen-bond acceptors (Lipinski definition) is 9. The van der Waals surface area contributed by atoms with Crippen LogP contribution in [0.1, 0.15) is 25.0 Å². The standard InChI is InChI=1S/C29H33F2N7O4/c1-41-25-14-21-24(15-26(25)42-10-2-7-38-8-5-18(16-39)6-9-38)32-17-33-29(21)35-27-12-20(36-37-27)13-28(40)34-23-4-3-19(30)11-22(23)31/h3-4,11-12,14-15,17-18,39H,2,5-10,13,16H2,1H3,(H,34,40)(H2,32,33,35,36,37). The molecule has 1 saturated heterocycles. The largest absolute Gasteiger partial charge is 0.493 e.